The van der Waals surface area contributed by atoms with E-state index in [0.29, 0.717) is 12.8 Å². The topological polar surface area (TPSA) is 228 Å². The Bertz CT molecular complexity index is 1790. The molecule has 14 nitrogen and oxygen atoms in total. The molecule has 0 bridgehead atoms. The summed E-state index contributed by atoms with van der Waals surface area (Å²) < 4.78 is 22.8. The molecular weight excluding hydrogens is 1170 g/mol. The van der Waals surface area contributed by atoms with Crippen molar-refractivity contribution in [2.45, 2.75) is 415 Å². The Balaban J connectivity index is 1.56. The van der Waals surface area contributed by atoms with Crippen LogP contribution in [0, 0.1) is 0 Å². The Morgan fingerprint density at radius 3 is 1.12 bits per heavy atom. The molecule has 2 heterocycles. The molecule has 12 unspecified atom stereocenters. The minimum absolute atomic E-state index is 0.248. The van der Waals surface area contributed by atoms with Crippen molar-refractivity contribution in [1.82, 2.24) is 5.32 Å². The van der Waals surface area contributed by atoms with Gasteiger partial charge in [0.25, 0.3) is 0 Å². The normalized spacial score (nSPS) is 22.9. The van der Waals surface area contributed by atoms with Gasteiger partial charge >= 0.3 is 0 Å². The third-order valence-corrected chi connectivity index (χ3v) is 18.9. The van der Waals surface area contributed by atoms with Crippen LogP contribution in [-0.2, 0) is 23.7 Å². The molecule has 12 atom stereocenters. The molecule has 0 spiro atoms. The summed E-state index contributed by atoms with van der Waals surface area (Å²) in [6, 6.07) is -0.938. The van der Waals surface area contributed by atoms with Crippen LogP contribution in [0.1, 0.15) is 341 Å². The Morgan fingerprint density at radius 1 is 0.387 bits per heavy atom. The average Bonchev–Trinajstić information content (AvgIpc) is 0.958. The number of ether oxygens (including phenoxy) is 4. The molecule has 2 aliphatic rings. The lowest BCUT2D eigenvalue weighted by Crippen LogP contribution is -2.65. The number of hydrogen-bond donors (Lipinski definition) is 9. The monoisotopic (exact) mass is 1320 g/mol. The number of unbranched alkanes of at least 4 members (excludes halogenated alkanes) is 44. The van der Waals surface area contributed by atoms with Gasteiger partial charge in [0.1, 0.15) is 48.8 Å². The summed E-state index contributed by atoms with van der Waals surface area (Å²) in [5.74, 6) is -0.248. The number of amides is 1. The zero-order valence-corrected chi connectivity index (χ0v) is 59.5. The van der Waals surface area contributed by atoms with E-state index >= 15 is 0 Å². The van der Waals surface area contributed by atoms with E-state index in [1.165, 1.54) is 257 Å². The van der Waals surface area contributed by atoms with Gasteiger partial charge in [-0.15, -0.1) is 0 Å². The summed E-state index contributed by atoms with van der Waals surface area (Å²) >= 11 is 0. The van der Waals surface area contributed by atoms with E-state index in [0.717, 1.165) is 51.4 Å². The first-order valence-corrected chi connectivity index (χ1v) is 39.0. The predicted octanol–water partition coefficient (Wildman–Crippen LogP) is 17.2. The Kier molecular flexibility index (Phi) is 58.9. The van der Waals surface area contributed by atoms with Crippen LogP contribution in [0.2, 0.25) is 0 Å². The van der Waals surface area contributed by atoms with Gasteiger partial charge < -0.3 is 65.1 Å². The van der Waals surface area contributed by atoms with Crippen molar-refractivity contribution in [3.8, 4) is 0 Å². The molecule has 14 heteroatoms. The molecule has 9 N–H and O–H groups in total. The third-order valence-electron chi connectivity index (χ3n) is 18.9. The first-order chi connectivity index (χ1) is 45.6. The van der Waals surface area contributed by atoms with Crippen LogP contribution in [0.4, 0.5) is 0 Å². The SMILES string of the molecule is CCCCCCC/C=C\C/C=C\CCCCCCCCCCCCCCCCCCCCCCCCCCCCCCCC(=O)NC(COC1OC(CO)C(OC2OC(CO)C(O)C(O)C2O)C(O)C1O)C(O)/C=C/CC/C=C/CC/C=C/CCCCCCCCCC. The maximum atomic E-state index is 13.3. The minimum atomic E-state index is -1.79. The molecule has 2 rings (SSSR count). The minimum Gasteiger partial charge on any atom is -0.394 e. The number of carbonyl (C=O) groups is 1. The smallest absolute Gasteiger partial charge is 0.220 e. The van der Waals surface area contributed by atoms with E-state index < -0.39 is 86.8 Å². The molecule has 0 aliphatic carbocycles. The van der Waals surface area contributed by atoms with Gasteiger partial charge in [0, 0.05) is 6.42 Å². The van der Waals surface area contributed by atoms with Gasteiger partial charge in [-0.2, -0.15) is 0 Å². The lowest BCUT2D eigenvalue weighted by Gasteiger charge is -2.46. The van der Waals surface area contributed by atoms with Crippen molar-refractivity contribution in [2.75, 3.05) is 19.8 Å². The van der Waals surface area contributed by atoms with Crippen LogP contribution in [0.5, 0.6) is 0 Å². The maximum absolute atomic E-state index is 13.3. The number of hydrogen-bond acceptors (Lipinski definition) is 13. The van der Waals surface area contributed by atoms with Crippen molar-refractivity contribution in [3.63, 3.8) is 0 Å². The highest BCUT2D eigenvalue weighted by molar-refractivity contribution is 5.76. The summed E-state index contributed by atoms with van der Waals surface area (Å²) in [6.45, 7) is 2.79. The third kappa shape index (κ3) is 46.6. The van der Waals surface area contributed by atoms with E-state index in [1.807, 2.05) is 6.08 Å². The quantitative estimate of drug-likeness (QED) is 0.0204. The number of aliphatic hydroxyl groups is 8. The first-order valence-electron chi connectivity index (χ1n) is 39.0. The number of aliphatic hydroxyl groups excluding tert-OH is 8. The lowest BCUT2D eigenvalue weighted by molar-refractivity contribution is -0.359. The van der Waals surface area contributed by atoms with Crippen LogP contribution in [0.15, 0.2) is 60.8 Å². The van der Waals surface area contributed by atoms with Crippen LogP contribution >= 0.6 is 0 Å². The standard InChI is InChI=1S/C79H145NO13/c1-3-5-7-9-11-13-15-17-19-21-23-24-25-26-27-28-29-30-31-32-33-34-35-36-37-38-39-40-41-42-43-44-45-47-49-51-53-55-57-59-61-63-71(84)80-67(68(83)62-60-58-56-54-52-50-48-46-22-20-18-16-14-12-10-8-6-4-2)66-90-78-76(89)74(87)77(70(65-82)92-78)93-79-75(88)73(86)72(85)69(64-81)91-79/h15,17,21-23,46,52,54,60,62,67-70,72-79,81-83,85-89H,3-14,16,18-20,24-45,47-51,53,55-59,61,63-66H2,1-2H3,(H,80,84)/b17-15-,23-21-,46-22+,54-52+,62-60+. The highest BCUT2D eigenvalue weighted by Gasteiger charge is 2.51. The zero-order valence-electron chi connectivity index (χ0n) is 59.5. The largest absolute Gasteiger partial charge is 0.394 e. The summed E-state index contributed by atoms with van der Waals surface area (Å²) in [5.41, 5.74) is 0. The van der Waals surface area contributed by atoms with E-state index in [-0.39, 0.29) is 18.9 Å². The summed E-state index contributed by atoms with van der Waals surface area (Å²) in [4.78, 5) is 13.3. The number of carbonyl (C=O) groups excluding carboxylic acids is 1. The van der Waals surface area contributed by atoms with E-state index in [9.17, 15) is 45.6 Å². The van der Waals surface area contributed by atoms with E-state index in [1.54, 1.807) is 6.08 Å². The molecule has 93 heavy (non-hydrogen) atoms. The highest BCUT2D eigenvalue weighted by Crippen LogP contribution is 2.30. The van der Waals surface area contributed by atoms with Crippen molar-refractivity contribution >= 4 is 5.91 Å². The fourth-order valence-corrected chi connectivity index (χ4v) is 12.7. The van der Waals surface area contributed by atoms with Gasteiger partial charge in [-0.3, -0.25) is 4.79 Å². The van der Waals surface area contributed by atoms with Crippen molar-refractivity contribution in [2.24, 2.45) is 0 Å². The van der Waals surface area contributed by atoms with Gasteiger partial charge in [-0.25, -0.2) is 0 Å². The Hall–Kier alpha value is -2.31. The maximum Gasteiger partial charge on any atom is 0.220 e. The highest BCUT2D eigenvalue weighted by atomic mass is 16.7. The second-order valence-electron chi connectivity index (χ2n) is 27.5. The molecule has 0 aromatic heterocycles. The molecule has 544 valence electrons. The summed E-state index contributed by atoms with van der Waals surface area (Å²) in [6.07, 6.45) is 69.0. The molecule has 2 saturated heterocycles. The fraction of sp³-hybridized carbons (Fsp3) is 0.861. The second-order valence-corrected chi connectivity index (χ2v) is 27.5. The number of nitrogens with one attached hydrogen (secondary N) is 1. The van der Waals surface area contributed by atoms with Gasteiger partial charge in [0.05, 0.1) is 32.0 Å². The molecule has 2 fully saturated rings. The van der Waals surface area contributed by atoms with E-state index in [4.69, 9.17) is 18.9 Å². The predicted molar refractivity (Wildman–Crippen MR) is 383 cm³/mol. The zero-order chi connectivity index (χ0) is 67.3. The van der Waals surface area contributed by atoms with Crippen LogP contribution in [0.25, 0.3) is 0 Å². The van der Waals surface area contributed by atoms with Crippen LogP contribution in [-0.4, -0.2) is 140 Å². The molecule has 0 aromatic carbocycles. The fourth-order valence-electron chi connectivity index (χ4n) is 12.7. The lowest BCUT2D eigenvalue weighted by atomic mass is 9.97. The molecule has 2 aliphatic heterocycles. The second kappa shape index (κ2) is 63.2. The Morgan fingerprint density at radius 2 is 0.720 bits per heavy atom. The Labute approximate surface area is 568 Å². The molecule has 1 amide bonds. The van der Waals surface area contributed by atoms with Gasteiger partial charge in [0.15, 0.2) is 12.6 Å². The molecule has 0 radical (unpaired) electrons. The van der Waals surface area contributed by atoms with Gasteiger partial charge in [0.2, 0.25) is 5.91 Å². The molecular formula is C79H145NO13. The van der Waals surface area contributed by atoms with Crippen molar-refractivity contribution < 1.29 is 64.6 Å². The number of allylic oxidation sites excluding steroid dienone is 9. The van der Waals surface area contributed by atoms with Gasteiger partial charge in [-0.05, 0) is 77.0 Å². The van der Waals surface area contributed by atoms with Crippen LogP contribution < -0.4 is 5.32 Å². The van der Waals surface area contributed by atoms with Crippen molar-refractivity contribution in [3.05, 3.63) is 60.8 Å². The molecule has 0 aromatic rings. The summed E-state index contributed by atoms with van der Waals surface area (Å²) in [5, 5.41) is 87.4. The first kappa shape index (κ1) is 86.8. The average molecular weight is 1320 g/mol. The van der Waals surface area contributed by atoms with Crippen LogP contribution in [0.3, 0.4) is 0 Å². The van der Waals surface area contributed by atoms with E-state index in [2.05, 4.69) is 67.8 Å². The number of rotatable bonds is 65. The molecule has 0 saturated carbocycles. The van der Waals surface area contributed by atoms with Crippen molar-refractivity contribution in [1.29, 1.82) is 0 Å². The van der Waals surface area contributed by atoms with Gasteiger partial charge in [-0.1, -0.05) is 319 Å². The summed E-state index contributed by atoms with van der Waals surface area (Å²) in [7, 11) is 0.